The number of piperidine rings is 1. The largest absolute Gasteiger partial charge is 0.466 e. The fourth-order valence-electron chi connectivity index (χ4n) is 2.19. The number of carbonyl (C=O) groups is 2. The van der Waals surface area contributed by atoms with Gasteiger partial charge in [-0.25, -0.2) is 4.63 Å². The maximum absolute atomic E-state index is 12.2. The Hall–Kier alpha value is -1.92. The van der Waals surface area contributed by atoms with Crippen LogP contribution in [0, 0.1) is 12.8 Å². The molecule has 1 aliphatic rings. The average molecular weight is 267 g/mol. The van der Waals surface area contributed by atoms with Gasteiger partial charge in [-0.3, -0.25) is 9.59 Å². The third-order valence-corrected chi connectivity index (χ3v) is 3.18. The maximum Gasteiger partial charge on any atom is 0.310 e. The first-order valence-electron chi connectivity index (χ1n) is 6.38. The van der Waals surface area contributed by atoms with E-state index in [-0.39, 0.29) is 23.5 Å². The Balaban J connectivity index is 2.03. The average Bonchev–Trinajstić information content (AvgIpc) is 2.84. The predicted molar refractivity (Wildman–Crippen MR) is 64.3 cm³/mol. The molecule has 1 amide bonds. The number of aryl methyl sites for hydroxylation is 1. The molecule has 1 saturated heterocycles. The molecule has 0 bridgehead atoms. The quantitative estimate of drug-likeness (QED) is 0.753. The monoisotopic (exact) mass is 267 g/mol. The van der Waals surface area contributed by atoms with E-state index in [2.05, 4.69) is 14.9 Å². The number of carbonyl (C=O) groups excluding carboxylic acids is 2. The van der Waals surface area contributed by atoms with Crippen LogP contribution in [0.25, 0.3) is 0 Å². The molecular formula is C12H17N3O4. The summed E-state index contributed by atoms with van der Waals surface area (Å²) in [5.41, 5.74) is 0.674. The highest BCUT2D eigenvalue weighted by Gasteiger charge is 2.31. The molecule has 1 unspecified atom stereocenters. The Morgan fingerprint density at radius 3 is 2.89 bits per heavy atom. The van der Waals surface area contributed by atoms with Gasteiger partial charge in [0.25, 0.3) is 5.91 Å². The van der Waals surface area contributed by atoms with Crippen LogP contribution in [-0.2, 0) is 9.53 Å². The number of hydrogen-bond acceptors (Lipinski definition) is 6. The smallest absolute Gasteiger partial charge is 0.310 e. The molecule has 0 spiro atoms. The zero-order valence-corrected chi connectivity index (χ0v) is 11.1. The third-order valence-electron chi connectivity index (χ3n) is 3.18. The van der Waals surface area contributed by atoms with Crippen molar-refractivity contribution in [3.63, 3.8) is 0 Å². The van der Waals surface area contributed by atoms with Gasteiger partial charge in [-0.1, -0.05) is 5.16 Å². The molecule has 1 aliphatic heterocycles. The molecule has 0 N–H and O–H groups in total. The lowest BCUT2D eigenvalue weighted by atomic mass is 9.98. The van der Waals surface area contributed by atoms with Crippen LogP contribution in [0.1, 0.15) is 35.9 Å². The molecule has 0 saturated carbocycles. The van der Waals surface area contributed by atoms with Gasteiger partial charge in [0, 0.05) is 13.1 Å². The summed E-state index contributed by atoms with van der Waals surface area (Å²) in [7, 11) is 0. The van der Waals surface area contributed by atoms with Crippen LogP contribution in [0.5, 0.6) is 0 Å². The van der Waals surface area contributed by atoms with Gasteiger partial charge in [0.1, 0.15) is 5.69 Å². The number of ether oxygens (including phenoxy) is 1. The first kappa shape index (κ1) is 13.5. The lowest BCUT2D eigenvalue weighted by molar-refractivity contribution is -0.149. The van der Waals surface area contributed by atoms with Crippen LogP contribution in [0.3, 0.4) is 0 Å². The van der Waals surface area contributed by atoms with E-state index in [1.54, 1.807) is 18.7 Å². The summed E-state index contributed by atoms with van der Waals surface area (Å²) in [6.07, 6.45) is 1.53. The molecule has 0 aromatic carbocycles. The number of hydrogen-bond donors (Lipinski definition) is 0. The number of aromatic nitrogens is 2. The summed E-state index contributed by atoms with van der Waals surface area (Å²) in [6.45, 7) is 4.77. The fourth-order valence-corrected chi connectivity index (χ4v) is 2.19. The summed E-state index contributed by atoms with van der Waals surface area (Å²) < 4.78 is 9.53. The van der Waals surface area contributed by atoms with Crippen LogP contribution in [0.4, 0.5) is 0 Å². The van der Waals surface area contributed by atoms with Gasteiger partial charge in [0.05, 0.1) is 12.5 Å². The Labute approximate surface area is 110 Å². The van der Waals surface area contributed by atoms with Gasteiger partial charge in [-0.15, -0.1) is 0 Å². The summed E-state index contributed by atoms with van der Waals surface area (Å²) in [6, 6.07) is 0. The molecule has 19 heavy (non-hydrogen) atoms. The van der Waals surface area contributed by atoms with E-state index >= 15 is 0 Å². The van der Waals surface area contributed by atoms with Crippen LogP contribution in [0.2, 0.25) is 0 Å². The summed E-state index contributed by atoms with van der Waals surface area (Å²) in [5, 5.41) is 7.19. The molecule has 1 atom stereocenters. The van der Waals surface area contributed by atoms with E-state index in [0.29, 0.717) is 25.4 Å². The minimum Gasteiger partial charge on any atom is -0.466 e. The molecule has 7 nitrogen and oxygen atoms in total. The topological polar surface area (TPSA) is 85.5 Å². The van der Waals surface area contributed by atoms with Gasteiger partial charge in [-0.05, 0) is 31.8 Å². The van der Waals surface area contributed by atoms with E-state index < -0.39 is 0 Å². The highest BCUT2D eigenvalue weighted by Crippen LogP contribution is 2.20. The molecule has 0 radical (unpaired) electrons. The molecule has 2 rings (SSSR count). The molecule has 1 aromatic rings. The summed E-state index contributed by atoms with van der Waals surface area (Å²) in [5.74, 6) is -0.736. The van der Waals surface area contributed by atoms with Crippen molar-refractivity contribution in [1.29, 1.82) is 0 Å². The summed E-state index contributed by atoms with van der Waals surface area (Å²) in [4.78, 5) is 25.5. The minimum atomic E-state index is -0.252. The van der Waals surface area contributed by atoms with E-state index in [1.807, 2.05) is 0 Å². The van der Waals surface area contributed by atoms with Crippen LogP contribution in [-0.4, -0.2) is 46.8 Å². The molecule has 1 fully saturated rings. The van der Waals surface area contributed by atoms with Crippen molar-refractivity contribution in [2.45, 2.75) is 26.7 Å². The van der Waals surface area contributed by atoms with Gasteiger partial charge < -0.3 is 9.64 Å². The van der Waals surface area contributed by atoms with Crippen LogP contribution < -0.4 is 0 Å². The van der Waals surface area contributed by atoms with E-state index in [9.17, 15) is 9.59 Å². The van der Waals surface area contributed by atoms with E-state index in [1.165, 1.54) is 0 Å². The number of rotatable bonds is 3. The van der Waals surface area contributed by atoms with Crippen molar-refractivity contribution in [3.8, 4) is 0 Å². The maximum atomic E-state index is 12.2. The van der Waals surface area contributed by atoms with E-state index in [4.69, 9.17) is 4.74 Å². The SMILES string of the molecule is CCOC(=O)C1CCCN(C(=O)c2nonc2C)C1. The zero-order valence-electron chi connectivity index (χ0n) is 11.1. The molecule has 0 aliphatic carbocycles. The second-order valence-electron chi connectivity index (χ2n) is 4.54. The molecule has 104 valence electrons. The van der Waals surface area contributed by atoms with Crippen molar-refractivity contribution < 1.29 is 19.0 Å². The van der Waals surface area contributed by atoms with Crippen LogP contribution in [0.15, 0.2) is 4.63 Å². The lowest BCUT2D eigenvalue weighted by Gasteiger charge is -2.30. The lowest BCUT2D eigenvalue weighted by Crippen LogP contribution is -2.43. The van der Waals surface area contributed by atoms with E-state index in [0.717, 1.165) is 12.8 Å². The van der Waals surface area contributed by atoms with Gasteiger partial charge in [0.2, 0.25) is 0 Å². The fraction of sp³-hybridized carbons (Fsp3) is 0.667. The van der Waals surface area contributed by atoms with Gasteiger partial charge >= 0.3 is 5.97 Å². The minimum absolute atomic E-state index is 0.213. The number of likely N-dealkylation sites (tertiary alicyclic amines) is 1. The van der Waals surface area contributed by atoms with Gasteiger partial charge in [0.15, 0.2) is 5.69 Å². The Morgan fingerprint density at radius 2 is 2.26 bits per heavy atom. The van der Waals surface area contributed by atoms with Crippen LogP contribution >= 0.6 is 0 Å². The second kappa shape index (κ2) is 5.81. The number of amides is 1. The van der Waals surface area contributed by atoms with Crippen molar-refractivity contribution in [3.05, 3.63) is 11.4 Å². The Morgan fingerprint density at radius 1 is 1.47 bits per heavy atom. The zero-order chi connectivity index (χ0) is 13.8. The molecular weight excluding hydrogens is 250 g/mol. The Kier molecular flexibility index (Phi) is 4.13. The van der Waals surface area contributed by atoms with Gasteiger partial charge in [-0.2, -0.15) is 0 Å². The first-order chi connectivity index (χ1) is 9.13. The van der Waals surface area contributed by atoms with Crippen molar-refractivity contribution >= 4 is 11.9 Å². The first-order valence-corrected chi connectivity index (χ1v) is 6.38. The van der Waals surface area contributed by atoms with Crippen molar-refractivity contribution in [2.24, 2.45) is 5.92 Å². The molecule has 1 aromatic heterocycles. The number of nitrogens with zero attached hydrogens (tertiary/aromatic N) is 3. The predicted octanol–water partition coefficient (Wildman–Crippen LogP) is 0.793. The molecule has 7 heteroatoms. The number of esters is 1. The standard InChI is InChI=1S/C12H17N3O4/c1-3-18-12(17)9-5-4-6-15(7-9)11(16)10-8(2)13-19-14-10/h9H,3-7H2,1-2H3. The normalized spacial score (nSPS) is 19.3. The van der Waals surface area contributed by atoms with Crippen molar-refractivity contribution in [2.75, 3.05) is 19.7 Å². The third kappa shape index (κ3) is 2.91. The Bertz CT molecular complexity index is 471. The van der Waals surface area contributed by atoms with Crippen molar-refractivity contribution in [1.82, 2.24) is 15.2 Å². The molecule has 2 heterocycles. The summed E-state index contributed by atoms with van der Waals surface area (Å²) >= 11 is 0. The highest BCUT2D eigenvalue weighted by molar-refractivity contribution is 5.93. The highest BCUT2D eigenvalue weighted by atomic mass is 16.6. The second-order valence-corrected chi connectivity index (χ2v) is 4.54.